The Kier molecular flexibility index (Phi) is 49.0. The third-order valence-corrected chi connectivity index (χ3v) is 14.5. The summed E-state index contributed by atoms with van der Waals surface area (Å²) < 4.78 is 16.7. The molecule has 1 heterocycles. The summed E-state index contributed by atoms with van der Waals surface area (Å²) in [7, 11) is 0. The van der Waals surface area contributed by atoms with Gasteiger partial charge >= 0.3 is 5.97 Å². The van der Waals surface area contributed by atoms with Gasteiger partial charge in [-0.05, 0) is 83.5 Å². The molecule has 1 aliphatic rings. The Morgan fingerprint density at radius 2 is 0.877 bits per heavy atom. The Balaban J connectivity index is 2.01. The van der Waals surface area contributed by atoms with Crippen molar-refractivity contribution in [3.05, 3.63) is 36.5 Å². The summed E-state index contributed by atoms with van der Waals surface area (Å²) in [4.78, 5) is 25.1. The second kappa shape index (κ2) is 52.0. The van der Waals surface area contributed by atoms with E-state index in [9.17, 15) is 35.1 Å². The molecule has 0 saturated carbocycles. The SMILES string of the molecule is CCCCCCCC/C=C\CCCCCCCCCC(=O)OCCCCCCCCCC/C=C\CCCCCCCCCC(=O)NC(COC1OC(CO)C(O)C(O)C1O)C(O)/C=C/CCCCCCCCC. The average Bonchev–Trinajstić information content (AvgIpc) is 3.39. The maximum Gasteiger partial charge on any atom is 0.305 e. The summed E-state index contributed by atoms with van der Waals surface area (Å²) in [6.07, 6.45) is 53.9. The van der Waals surface area contributed by atoms with Gasteiger partial charge < -0.3 is 45.1 Å². The Morgan fingerprint density at radius 3 is 1.32 bits per heavy atom. The van der Waals surface area contributed by atoms with E-state index in [0.717, 1.165) is 83.5 Å². The minimum Gasteiger partial charge on any atom is -0.466 e. The molecule has 1 aliphatic heterocycles. The molecule has 11 nitrogen and oxygen atoms in total. The third-order valence-electron chi connectivity index (χ3n) is 14.5. The van der Waals surface area contributed by atoms with E-state index in [0.29, 0.717) is 19.4 Å². The molecule has 1 rings (SSSR count). The number of nitrogens with one attached hydrogen (secondary N) is 1. The largest absolute Gasteiger partial charge is 0.466 e. The normalized spacial score (nSPS) is 19.1. The number of carbonyl (C=O) groups excluding carboxylic acids is 2. The number of aliphatic hydroxyl groups excluding tert-OH is 5. The van der Waals surface area contributed by atoms with E-state index < -0.39 is 49.5 Å². The number of unbranched alkanes of at least 4 members (excludes halogenated alkanes) is 35. The molecule has 0 aliphatic carbocycles. The van der Waals surface area contributed by atoms with E-state index in [-0.39, 0.29) is 18.5 Å². The van der Waals surface area contributed by atoms with Crippen LogP contribution in [0.5, 0.6) is 0 Å². The van der Waals surface area contributed by atoms with Crippen LogP contribution in [0.4, 0.5) is 0 Å². The molecular formula is C62H115NO10. The summed E-state index contributed by atoms with van der Waals surface area (Å²) >= 11 is 0. The van der Waals surface area contributed by atoms with Crippen LogP contribution in [0.3, 0.4) is 0 Å². The van der Waals surface area contributed by atoms with Crippen LogP contribution in [0.2, 0.25) is 0 Å². The smallest absolute Gasteiger partial charge is 0.305 e. The van der Waals surface area contributed by atoms with Crippen LogP contribution in [0, 0.1) is 0 Å². The molecule has 0 aromatic carbocycles. The second-order valence-electron chi connectivity index (χ2n) is 21.4. The van der Waals surface area contributed by atoms with Gasteiger partial charge in [0.2, 0.25) is 5.91 Å². The van der Waals surface area contributed by atoms with Crippen molar-refractivity contribution in [1.29, 1.82) is 0 Å². The third kappa shape index (κ3) is 41.7. The molecule has 6 N–H and O–H groups in total. The Morgan fingerprint density at radius 1 is 0.493 bits per heavy atom. The van der Waals surface area contributed by atoms with Gasteiger partial charge in [-0.2, -0.15) is 0 Å². The summed E-state index contributed by atoms with van der Waals surface area (Å²) in [6, 6.07) is -0.816. The van der Waals surface area contributed by atoms with Crippen molar-refractivity contribution in [1.82, 2.24) is 5.32 Å². The van der Waals surface area contributed by atoms with Gasteiger partial charge in [-0.3, -0.25) is 9.59 Å². The molecule has 1 fully saturated rings. The minimum atomic E-state index is -1.57. The number of amides is 1. The van der Waals surface area contributed by atoms with Crippen LogP contribution in [0.1, 0.15) is 284 Å². The molecule has 0 spiro atoms. The Bertz CT molecular complexity index is 1310. The number of aliphatic hydroxyl groups is 5. The zero-order valence-electron chi connectivity index (χ0n) is 47.1. The fraction of sp³-hybridized carbons (Fsp3) is 0.871. The van der Waals surface area contributed by atoms with Gasteiger partial charge in [-0.25, -0.2) is 0 Å². The van der Waals surface area contributed by atoms with E-state index in [1.807, 2.05) is 6.08 Å². The van der Waals surface area contributed by atoms with E-state index >= 15 is 0 Å². The molecule has 11 heteroatoms. The summed E-state index contributed by atoms with van der Waals surface area (Å²) in [5.74, 6) is -0.208. The first kappa shape index (κ1) is 68.9. The van der Waals surface area contributed by atoms with Crippen LogP contribution < -0.4 is 5.32 Å². The second-order valence-corrected chi connectivity index (χ2v) is 21.4. The highest BCUT2D eigenvalue weighted by Gasteiger charge is 2.44. The highest BCUT2D eigenvalue weighted by molar-refractivity contribution is 5.76. The van der Waals surface area contributed by atoms with Crippen molar-refractivity contribution in [3.8, 4) is 0 Å². The molecule has 428 valence electrons. The lowest BCUT2D eigenvalue weighted by molar-refractivity contribution is -0.302. The molecule has 1 amide bonds. The van der Waals surface area contributed by atoms with E-state index in [1.54, 1.807) is 6.08 Å². The molecule has 0 aromatic rings. The predicted octanol–water partition coefficient (Wildman–Crippen LogP) is 14.3. The van der Waals surface area contributed by atoms with Crippen LogP contribution in [0.25, 0.3) is 0 Å². The van der Waals surface area contributed by atoms with Crippen LogP contribution in [-0.2, 0) is 23.8 Å². The number of ether oxygens (including phenoxy) is 3. The molecule has 7 atom stereocenters. The van der Waals surface area contributed by atoms with Crippen molar-refractivity contribution in [2.45, 2.75) is 326 Å². The van der Waals surface area contributed by atoms with Crippen molar-refractivity contribution >= 4 is 11.9 Å². The molecule has 0 aromatic heterocycles. The number of esters is 1. The first-order valence-corrected chi connectivity index (χ1v) is 30.8. The predicted molar refractivity (Wildman–Crippen MR) is 301 cm³/mol. The number of allylic oxidation sites excluding steroid dienone is 5. The first-order chi connectivity index (χ1) is 35.7. The fourth-order valence-electron chi connectivity index (χ4n) is 9.54. The molecule has 0 bridgehead atoms. The Hall–Kier alpha value is -2.12. The lowest BCUT2D eigenvalue weighted by Crippen LogP contribution is -2.60. The van der Waals surface area contributed by atoms with Crippen molar-refractivity contribution in [3.63, 3.8) is 0 Å². The number of hydrogen-bond donors (Lipinski definition) is 6. The monoisotopic (exact) mass is 1030 g/mol. The van der Waals surface area contributed by atoms with Crippen LogP contribution >= 0.6 is 0 Å². The van der Waals surface area contributed by atoms with E-state index in [2.05, 4.69) is 43.5 Å². The molecule has 0 radical (unpaired) electrons. The molecule has 1 saturated heterocycles. The van der Waals surface area contributed by atoms with E-state index in [1.165, 1.54) is 173 Å². The van der Waals surface area contributed by atoms with Gasteiger partial charge in [0.25, 0.3) is 0 Å². The lowest BCUT2D eigenvalue weighted by atomic mass is 9.99. The number of hydrogen-bond acceptors (Lipinski definition) is 10. The van der Waals surface area contributed by atoms with Gasteiger partial charge in [0.15, 0.2) is 6.29 Å². The van der Waals surface area contributed by atoms with Gasteiger partial charge in [-0.1, -0.05) is 224 Å². The average molecular weight is 1030 g/mol. The summed E-state index contributed by atoms with van der Waals surface area (Å²) in [5.41, 5.74) is 0. The number of rotatable bonds is 53. The summed E-state index contributed by atoms with van der Waals surface area (Å²) in [6.45, 7) is 4.29. The lowest BCUT2D eigenvalue weighted by Gasteiger charge is -2.40. The van der Waals surface area contributed by atoms with Crippen molar-refractivity contribution < 1.29 is 49.3 Å². The standard InChI is InChI=1S/C62H115NO10/c1-3-5-7-9-11-13-14-15-16-20-24-27-30-34-38-42-46-50-58(67)71-51-47-43-39-35-31-28-25-22-19-17-18-21-23-26-29-33-37-41-45-49-57(66)63-54(55(65)48-44-40-36-32-12-10-8-6-4-2)53-72-62-61(70)60(69)59(68)56(52-64)73-62/h15-18,44,48,54-56,59-62,64-65,68-70H,3-14,19-43,45-47,49-53H2,1-2H3,(H,63,66)/b16-15-,18-17-,48-44+. The molecule has 73 heavy (non-hydrogen) atoms. The maximum absolute atomic E-state index is 13.0. The Labute approximate surface area is 447 Å². The maximum atomic E-state index is 13.0. The van der Waals surface area contributed by atoms with Gasteiger partial charge in [0.1, 0.15) is 24.4 Å². The first-order valence-electron chi connectivity index (χ1n) is 30.8. The zero-order chi connectivity index (χ0) is 53.1. The highest BCUT2D eigenvalue weighted by Crippen LogP contribution is 2.23. The van der Waals surface area contributed by atoms with Gasteiger partial charge in [0.05, 0.1) is 32.0 Å². The highest BCUT2D eigenvalue weighted by atomic mass is 16.7. The minimum absolute atomic E-state index is 0.0145. The summed E-state index contributed by atoms with van der Waals surface area (Å²) in [5, 5.41) is 54.2. The topological polar surface area (TPSA) is 175 Å². The number of carbonyl (C=O) groups is 2. The van der Waals surface area contributed by atoms with E-state index in [4.69, 9.17) is 14.2 Å². The van der Waals surface area contributed by atoms with Gasteiger partial charge in [-0.15, -0.1) is 0 Å². The van der Waals surface area contributed by atoms with Crippen molar-refractivity contribution in [2.24, 2.45) is 0 Å². The fourth-order valence-corrected chi connectivity index (χ4v) is 9.54. The molecule has 7 unspecified atom stereocenters. The van der Waals surface area contributed by atoms with Gasteiger partial charge in [0, 0.05) is 12.8 Å². The van der Waals surface area contributed by atoms with Crippen LogP contribution in [-0.4, -0.2) is 100 Å². The van der Waals surface area contributed by atoms with Crippen LogP contribution in [0.15, 0.2) is 36.5 Å². The quantitative estimate of drug-likeness (QED) is 0.0195. The zero-order valence-corrected chi connectivity index (χ0v) is 47.1. The molecular weight excluding hydrogens is 919 g/mol. The van der Waals surface area contributed by atoms with Crippen molar-refractivity contribution in [2.75, 3.05) is 19.8 Å².